The Morgan fingerprint density at radius 3 is 2.77 bits per heavy atom. The van der Waals surface area contributed by atoms with Crippen molar-refractivity contribution in [3.63, 3.8) is 0 Å². The first kappa shape index (κ1) is 20.7. The van der Waals surface area contributed by atoms with Gasteiger partial charge in [0.2, 0.25) is 5.91 Å². The fourth-order valence-electron chi connectivity index (χ4n) is 7.24. The topological polar surface area (TPSA) is 83.5 Å². The molecule has 0 aliphatic heterocycles. The maximum atomic E-state index is 11.6. The molecule has 4 heteroatoms. The zero-order valence-electron chi connectivity index (χ0n) is 18.3. The highest BCUT2D eigenvalue weighted by molar-refractivity contribution is 5.92. The van der Waals surface area contributed by atoms with Gasteiger partial charge in [0.05, 0.1) is 12.7 Å². The van der Waals surface area contributed by atoms with Gasteiger partial charge in [-0.15, -0.1) is 0 Å². The molecule has 2 aromatic rings. The van der Waals surface area contributed by atoms with E-state index in [0.717, 1.165) is 43.2 Å². The molecule has 0 saturated heterocycles. The zero-order valence-corrected chi connectivity index (χ0v) is 18.3. The number of carbonyl (C=O) groups is 1. The van der Waals surface area contributed by atoms with Gasteiger partial charge in [0.1, 0.15) is 0 Å². The number of hydrogen-bond donors (Lipinski definition) is 3. The molecule has 31 heavy (non-hydrogen) atoms. The van der Waals surface area contributed by atoms with Crippen LogP contribution in [0.1, 0.15) is 71.1 Å². The van der Waals surface area contributed by atoms with Crippen LogP contribution < -0.4 is 5.73 Å². The SMILES string of the molecule is C[C@]12CC[C@@H]3c4ccc(CO)cc4CC[C@H]3[C@@H]1C[C@H](Cc1cccc(C(N)=O)c1)[C@@H]2O. The number of amides is 1. The second kappa shape index (κ2) is 7.75. The molecule has 3 aliphatic rings. The van der Waals surface area contributed by atoms with Crippen LogP contribution in [-0.4, -0.2) is 22.2 Å². The monoisotopic (exact) mass is 419 g/mol. The van der Waals surface area contributed by atoms with Gasteiger partial charge in [-0.05, 0) is 102 Å². The van der Waals surface area contributed by atoms with Gasteiger partial charge in [-0.2, -0.15) is 0 Å². The summed E-state index contributed by atoms with van der Waals surface area (Å²) in [5.74, 6) is 1.52. The van der Waals surface area contributed by atoms with E-state index in [1.807, 2.05) is 18.2 Å². The van der Waals surface area contributed by atoms with E-state index in [0.29, 0.717) is 23.3 Å². The summed E-state index contributed by atoms with van der Waals surface area (Å²) in [6.45, 7) is 2.41. The van der Waals surface area contributed by atoms with Crippen LogP contribution in [0, 0.1) is 23.2 Å². The average molecular weight is 420 g/mol. The maximum absolute atomic E-state index is 11.6. The first-order valence-corrected chi connectivity index (χ1v) is 11.7. The highest BCUT2D eigenvalue weighted by Gasteiger charge is 2.57. The smallest absolute Gasteiger partial charge is 0.248 e. The number of primary amides is 1. The fourth-order valence-corrected chi connectivity index (χ4v) is 7.24. The van der Waals surface area contributed by atoms with E-state index in [9.17, 15) is 15.0 Å². The summed E-state index contributed by atoms with van der Waals surface area (Å²) < 4.78 is 0. The number of rotatable bonds is 4. The molecular formula is C27H33NO3. The first-order chi connectivity index (χ1) is 14.9. The van der Waals surface area contributed by atoms with Crippen molar-refractivity contribution in [2.24, 2.45) is 28.9 Å². The molecule has 3 aliphatic carbocycles. The minimum absolute atomic E-state index is 0.0321. The van der Waals surface area contributed by atoms with Crippen molar-refractivity contribution in [1.29, 1.82) is 0 Å². The van der Waals surface area contributed by atoms with Crippen molar-refractivity contribution >= 4 is 5.91 Å². The summed E-state index contributed by atoms with van der Waals surface area (Å²) in [6, 6.07) is 14.1. The van der Waals surface area contributed by atoms with Crippen LogP contribution in [0.4, 0.5) is 0 Å². The predicted octanol–water partition coefficient (Wildman–Crippen LogP) is 3.96. The number of carbonyl (C=O) groups excluding carboxylic acids is 1. The summed E-state index contributed by atoms with van der Waals surface area (Å²) in [7, 11) is 0. The lowest BCUT2D eigenvalue weighted by molar-refractivity contribution is -0.0325. The Balaban J connectivity index is 1.39. The Labute approximate surface area is 184 Å². The molecule has 0 spiro atoms. The van der Waals surface area contributed by atoms with Crippen molar-refractivity contribution in [3.05, 3.63) is 70.3 Å². The van der Waals surface area contributed by atoms with Crippen LogP contribution in [0.15, 0.2) is 42.5 Å². The van der Waals surface area contributed by atoms with E-state index in [4.69, 9.17) is 5.73 Å². The van der Waals surface area contributed by atoms with Gasteiger partial charge < -0.3 is 15.9 Å². The van der Waals surface area contributed by atoms with Crippen LogP contribution in [0.5, 0.6) is 0 Å². The molecule has 6 atom stereocenters. The molecule has 0 heterocycles. The molecule has 164 valence electrons. The first-order valence-electron chi connectivity index (χ1n) is 11.7. The number of hydrogen-bond acceptors (Lipinski definition) is 3. The van der Waals surface area contributed by atoms with Crippen LogP contribution >= 0.6 is 0 Å². The number of aliphatic hydroxyl groups is 2. The molecule has 1 amide bonds. The van der Waals surface area contributed by atoms with Crippen LogP contribution in [0.2, 0.25) is 0 Å². The Morgan fingerprint density at radius 1 is 1.16 bits per heavy atom. The van der Waals surface area contributed by atoms with E-state index < -0.39 is 5.91 Å². The number of aliphatic hydroxyl groups excluding tert-OH is 2. The summed E-state index contributed by atoms with van der Waals surface area (Å²) in [4.78, 5) is 11.6. The van der Waals surface area contributed by atoms with Gasteiger partial charge in [-0.25, -0.2) is 0 Å². The predicted molar refractivity (Wildman–Crippen MR) is 121 cm³/mol. The van der Waals surface area contributed by atoms with Crippen molar-refractivity contribution in [3.8, 4) is 0 Å². The second-order valence-electron chi connectivity index (χ2n) is 10.4. The van der Waals surface area contributed by atoms with Gasteiger partial charge in [0.15, 0.2) is 0 Å². The van der Waals surface area contributed by atoms with Gasteiger partial charge in [-0.1, -0.05) is 37.3 Å². The molecular weight excluding hydrogens is 386 g/mol. The van der Waals surface area contributed by atoms with Crippen molar-refractivity contribution in [1.82, 2.24) is 0 Å². The van der Waals surface area contributed by atoms with E-state index >= 15 is 0 Å². The Hall–Kier alpha value is -2.17. The second-order valence-corrected chi connectivity index (χ2v) is 10.4. The minimum Gasteiger partial charge on any atom is -0.392 e. The third kappa shape index (κ3) is 3.41. The molecule has 2 aromatic carbocycles. The highest BCUT2D eigenvalue weighted by atomic mass is 16.3. The van der Waals surface area contributed by atoms with Crippen molar-refractivity contribution in [2.45, 2.75) is 64.1 Å². The molecule has 2 saturated carbocycles. The fraction of sp³-hybridized carbons (Fsp3) is 0.519. The molecule has 2 fully saturated rings. The Bertz CT molecular complexity index is 1000. The van der Waals surface area contributed by atoms with Gasteiger partial charge in [-0.3, -0.25) is 4.79 Å². The molecule has 4 N–H and O–H groups in total. The van der Waals surface area contributed by atoms with E-state index in [2.05, 4.69) is 25.1 Å². The lowest BCUT2D eigenvalue weighted by Crippen LogP contribution is -2.44. The lowest BCUT2D eigenvalue weighted by atomic mass is 9.55. The number of aryl methyl sites for hydroxylation is 1. The molecule has 0 bridgehead atoms. The third-order valence-corrected chi connectivity index (χ3v) is 8.80. The van der Waals surface area contributed by atoms with Gasteiger partial charge in [0, 0.05) is 5.56 Å². The molecule has 0 unspecified atom stereocenters. The highest BCUT2D eigenvalue weighted by Crippen LogP contribution is 2.62. The largest absolute Gasteiger partial charge is 0.392 e. The zero-order chi connectivity index (χ0) is 21.8. The van der Waals surface area contributed by atoms with Crippen molar-refractivity contribution < 1.29 is 15.0 Å². The van der Waals surface area contributed by atoms with Gasteiger partial charge >= 0.3 is 0 Å². The minimum atomic E-state index is -0.400. The summed E-state index contributed by atoms with van der Waals surface area (Å²) in [5.41, 5.74) is 11.0. The summed E-state index contributed by atoms with van der Waals surface area (Å²) in [6.07, 6.45) is 5.95. The lowest BCUT2D eigenvalue weighted by Gasteiger charge is -2.50. The van der Waals surface area contributed by atoms with Gasteiger partial charge in [0.25, 0.3) is 0 Å². The van der Waals surface area contributed by atoms with E-state index in [-0.39, 0.29) is 24.0 Å². The summed E-state index contributed by atoms with van der Waals surface area (Å²) >= 11 is 0. The number of benzene rings is 2. The van der Waals surface area contributed by atoms with Crippen LogP contribution in [0.3, 0.4) is 0 Å². The average Bonchev–Trinajstić information content (AvgIpc) is 3.03. The quantitative estimate of drug-likeness (QED) is 0.701. The number of fused-ring (bicyclic) bond motifs is 5. The molecule has 0 aromatic heterocycles. The standard InChI is InChI=1S/C27H33NO3/c1-27-10-9-22-21-7-5-17(15-29)13-18(21)6-8-23(22)24(27)14-20(25(27)30)12-16-3-2-4-19(11-16)26(28)31/h2-5,7,11,13,20,22-25,29-30H,6,8-10,12,14-15H2,1H3,(H2,28,31)/t20-,22+,23+,24-,25-,27-/m0/s1. The Kier molecular flexibility index (Phi) is 5.18. The molecule has 4 nitrogen and oxygen atoms in total. The normalized spacial score (nSPS) is 34.0. The van der Waals surface area contributed by atoms with Crippen LogP contribution in [0.25, 0.3) is 0 Å². The van der Waals surface area contributed by atoms with Crippen LogP contribution in [-0.2, 0) is 19.4 Å². The van der Waals surface area contributed by atoms with E-state index in [1.54, 1.807) is 6.07 Å². The maximum Gasteiger partial charge on any atom is 0.248 e. The molecule has 0 radical (unpaired) electrons. The van der Waals surface area contributed by atoms with E-state index in [1.165, 1.54) is 17.5 Å². The summed E-state index contributed by atoms with van der Waals surface area (Å²) in [5, 5.41) is 20.9. The number of nitrogens with two attached hydrogens (primary N) is 1. The Morgan fingerprint density at radius 2 is 2.00 bits per heavy atom. The third-order valence-electron chi connectivity index (χ3n) is 8.80. The van der Waals surface area contributed by atoms with Crippen molar-refractivity contribution in [2.75, 3.05) is 0 Å². The molecule has 5 rings (SSSR count).